The van der Waals surface area contributed by atoms with Crippen molar-refractivity contribution in [3.63, 3.8) is 0 Å². The topological polar surface area (TPSA) is 53.2 Å². The second-order valence-corrected chi connectivity index (χ2v) is 5.16. The van der Waals surface area contributed by atoms with Gasteiger partial charge in [-0.1, -0.05) is 18.2 Å². The lowest BCUT2D eigenvalue weighted by molar-refractivity contribution is 0.228. The second kappa shape index (κ2) is 4.98. The van der Waals surface area contributed by atoms with Crippen molar-refractivity contribution in [2.45, 2.75) is 44.9 Å². The molecule has 1 heterocycles. The Kier molecular flexibility index (Phi) is 3.19. The summed E-state index contributed by atoms with van der Waals surface area (Å²) in [5, 5.41) is 9.22. The average Bonchev–Trinajstić information content (AvgIpc) is 2.78. The number of amides is 2. The van der Waals surface area contributed by atoms with Crippen LogP contribution in [0, 0.1) is 0 Å². The van der Waals surface area contributed by atoms with Gasteiger partial charge in [0.2, 0.25) is 0 Å². The average molecular weight is 245 g/mol. The minimum absolute atomic E-state index is 0.0432. The lowest BCUT2D eigenvalue weighted by Gasteiger charge is -2.26. The van der Waals surface area contributed by atoms with Gasteiger partial charge in [-0.15, -0.1) is 0 Å². The molecule has 2 aliphatic rings. The Morgan fingerprint density at radius 1 is 1.28 bits per heavy atom. The largest absolute Gasteiger partial charge is 0.335 e. The lowest BCUT2D eigenvalue weighted by Crippen LogP contribution is -2.44. The number of carbonyl (C=O) groups excluding carboxylic acids is 1. The molecule has 1 aliphatic heterocycles. The summed E-state index contributed by atoms with van der Waals surface area (Å²) in [4.78, 5) is 11.6. The normalized spacial score (nSPS) is 18.0. The van der Waals surface area contributed by atoms with Crippen molar-refractivity contribution < 1.29 is 4.79 Å². The van der Waals surface area contributed by atoms with Crippen molar-refractivity contribution >= 4 is 6.03 Å². The van der Waals surface area contributed by atoms with Crippen molar-refractivity contribution in [1.29, 1.82) is 0 Å². The molecule has 1 aromatic carbocycles. The second-order valence-electron chi connectivity index (χ2n) is 5.16. The van der Waals surface area contributed by atoms with E-state index >= 15 is 0 Å². The van der Waals surface area contributed by atoms with Crippen molar-refractivity contribution in [3.8, 4) is 0 Å². The molecule has 96 valence electrons. The van der Waals surface area contributed by atoms with E-state index in [1.807, 2.05) is 0 Å². The van der Waals surface area contributed by atoms with Crippen LogP contribution in [0.1, 0.15) is 36.0 Å². The third-order valence-electron chi connectivity index (χ3n) is 3.80. The number of benzene rings is 1. The predicted molar refractivity (Wildman–Crippen MR) is 70.0 cm³/mol. The molecular formula is C14H19N3O. The van der Waals surface area contributed by atoms with Crippen LogP contribution in [0.3, 0.4) is 0 Å². The summed E-state index contributed by atoms with van der Waals surface area (Å²) >= 11 is 0. The summed E-state index contributed by atoms with van der Waals surface area (Å²) in [5.41, 5.74) is 3.90. The van der Waals surface area contributed by atoms with Crippen LogP contribution in [0.4, 0.5) is 4.79 Å². The van der Waals surface area contributed by atoms with E-state index < -0.39 is 0 Å². The maximum Gasteiger partial charge on any atom is 0.315 e. The van der Waals surface area contributed by atoms with E-state index in [1.54, 1.807) is 0 Å². The van der Waals surface area contributed by atoms with Gasteiger partial charge in [-0.2, -0.15) is 0 Å². The molecule has 1 fully saturated rings. The molecular weight excluding hydrogens is 226 g/mol. The first-order valence-electron chi connectivity index (χ1n) is 6.67. The number of urea groups is 1. The van der Waals surface area contributed by atoms with Gasteiger partial charge < -0.3 is 16.0 Å². The van der Waals surface area contributed by atoms with Gasteiger partial charge in [-0.3, -0.25) is 0 Å². The molecule has 3 rings (SSSR count). The molecule has 0 aromatic heterocycles. The summed E-state index contributed by atoms with van der Waals surface area (Å²) in [5.74, 6) is 0. The first-order valence-corrected chi connectivity index (χ1v) is 6.67. The summed E-state index contributed by atoms with van der Waals surface area (Å²) < 4.78 is 0. The minimum atomic E-state index is -0.0432. The fraction of sp³-hybridized carbons (Fsp3) is 0.500. The van der Waals surface area contributed by atoms with Crippen LogP contribution in [0.15, 0.2) is 18.2 Å². The van der Waals surface area contributed by atoms with E-state index in [2.05, 4.69) is 34.1 Å². The van der Waals surface area contributed by atoms with Crippen LogP contribution >= 0.6 is 0 Å². The van der Waals surface area contributed by atoms with E-state index in [9.17, 15) is 4.79 Å². The molecule has 2 amide bonds. The van der Waals surface area contributed by atoms with Crippen molar-refractivity contribution in [3.05, 3.63) is 34.9 Å². The highest BCUT2D eigenvalue weighted by atomic mass is 16.2. The van der Waals surface area contributed by atoms with E-state index in [4.69, 9.17) is 0 Å². The fourth-order valence-electron chi connectivity index (χ4n) is 2.43. The first-order chi connectivity index (χ1) is 8.81. The Labute approximate surface area is 107 Å². The van der Waals surface area contributed by atoms with Gasteiger partial charge in [0.15, 0.2) is 0 Å². The minimum Gasteiger partial charge on any atom is -0.335 e. The van der Waals surface area contributed by atoms with Gasteiger partial charge in [0.1, 0.15) is 0 Å². The molecule has 0 bridgehead atoms. The standard InChI is InChI=1S/C14H19N3O/c18-14(17-13-2-1-3-13)16-7-10-4-5-11-8-15-9-12(11)6-10/h4-6,13,15H,1-3,7-9H2,(H2,16,17,18). The fourth-order valence-corrected chi connectivity index (χ4v) is 2.43. The summed E-state index contributed by atoms with van der Waals surface area (Å²) in [7, 11) is 0. The molecule has 1 aliphatic carbocycles. The molecule has 4 heteroatoms. The van der Waals surface area contributed by atoms with E-state index in [1.165, 1.54) is 23.1 Å². The van der Waals surface area contributed by atoms with Crippen LogP contribution in [0.25, 0.3) is 0 Å². The van der Waals surface area contributed by atoms with Crippen LogP contribution in [0.5, 0.6) is 0 Å². The molecule has 0 unspecified atom stereocenters. The highest BCUT2D eigenvalue weighted by Gasteiger charge is 2.19. The molecule has 0 saturated heterocycles. The maximum atomic E-state index is 11.6. The van der Waals surface area contributed by atoms with Gasteiger partial charge >= 0.3 is 6.03 Å². The zero-order valence-corrected chi connectivity index (χ0v) is 10.5. The number of carbonyl (C=O) groups is 1. The van der Waals surface area contributed by atoms with E-state index in [-0.39, 0.29) is 6.03 Å². The van der Waals surface area contributed by atoms with Crippen LogP contribution < -0.4 is 16.0 Å². The van der Waals surface area contributed by atoms with E-state index in [0.717, 1.165) is 25.9 Å². The van der Waals surface area contributed by atoms with Crippen LogP contribution in [-0.2, 0) is 19.6 Å². The smallest absolute Gasteiger partial charge is 0.315 e. The Morgan fingerprint density at radius 2 is 2.11 bits per heavy atom. The van der Waals surface area contributed by atoms with Gasteiger partial charge in [-0.25, -0.2) is 4.79 Å². The van der Waals surface area contributed by atoms with E-state index in [0.29, 0.717) is 12.6 Å². The van der Waals surface area contributed by atoms with Crippen molar-refractivity contribution in [1.82, 2.24) is 16.0 Å². The zero-order valence-electron chi connectivity index (χ0n) is 10.5. The number of hydrogen-bond acceptors (Lipinski definition) is 2. The maximum absolute atomic E-state index is 11.6. The van der Waals surface area contributed by atoms with Crippen molar-refractivity contribution in [2.24, 2.45) is 0 Å². The molecule has 4 nitrogen and oxygen atoms in total. The number of rotatable bonds is 3. The molecule has 1 aromatic rings. The number of fused-ring (bicyclic) bond motifs is 1. The summed E-state index contributed by atoms with van der Waals surface area (Å²) in [6.45, 7) is 2.51. The Bertz CT molecular complexity index is 454. The first kappa shape index (κ1) is 11.5. The Balaban J connectivity index is 1.51. The number of hydrogen-bond donors (Lipinski definition) is 3. The lowest BCUT2D eigenvalue weighted by atomic mass is 9.93. The zero-order chi connectivity index (χ0) is 12.4. The molecule has 0 spiro atoms. The molecule has 3 N–H and O–H groups in total. The third-order valence-corrected chi connectivity index (χ3v) is 3.80. The molecule has 0 atom stereocenters. The molecule has 0 radical (unpaired) electrons. The monoisotopic (exact) mass is 245 g/mol. The Hall–Kier alpha value is -1.55. The van der Waals surface area contributed by atoms with Crippen molar-refractivity contribution in [2.75, 3.05) is 0 Å². The van der Waals surface area contributed by atoms with Gasteiger partial charge in [0.05, 0.1) is 0 Å². The van der Waals surface area contributed by atoms with Gasteiger partial charge in [0.25, 0.3) is 0 Å². The SMILES string of the molecule is O=C(NCc1ccc2c(c1)CNC2)NC1CCC1. The van der Waals surface area contributed by atoms with Crippen LogP contribution in [-0.4, -0.2) is 12.1 Å². The molecule has 1 saturated carbocycles. The Morgan fingerprint density at radius 3 is 2.89 bits per heavy atom. The molecule has 18 heavy (non-hydrogen) atoms. The van der Waals surface area contributed by atoms with Gasteiger partial charge in [-0.05, 0) is 36.0 Å². The summed E-state index contributed by atoms with van der Waals surface area (Å²) in [6.07, 6.45) is 3.48. The quantitative estimate of drug-likeness (QED) is 0.758. The highest BCUT2D eigenvalue weighted by molar-refractivity contribution is 5.74. The van der Waals surface area contributed by atoms with Crippen LogP contribution in [0.2, 0.25) is 0 Å². The number of nitrogens with one attached hydrogen (secondary N) is 3. The predicted octanol–water partition coefficient (Wildman–Crippen LogP) is 1.64. The highest BCUT2D eigenvalue weighted by Crippen LogP contribution is 2.18. The van der Waals surface area contributed by atoms with Gasteiger partial charge in [0, 0.05) is 25.7 Å². The third kappa shape index (κ3) is 2.48. The summed E-state index contributed by atoms with van der Waals surface area (Å²) in [6, 6.07) is 6.78.